The van der Waals surface area contributed by atoms with Crippen LogP contribution in [0.5, 0.6) is 0 Å². The molecule has 0 atom stereocenters. The smallest absolute Gasteiger partial charge is 0.419 e. The van der Waals surface area contributed by atoms with Crippen LogP contribution in [0.3, 0.4) is 0 Å². The molecule has 7 heteroatoms. The van der Waals surface area contributed by atoms with Crippen LogP contribution in [0.2, 0.25) is 0 Å². The number of ether oxygens (including phenoxy) is 1. The number of methoxy groups -OCH3 is 1. The first-order valence-corrected chi connectivity index (χ1v) is 4.71. The average molecular weight is 301 g/mol. The summed E-state index contributed by atoms with van der Waals surface area (Å²) < 4.78 is 54.1. The van der Waals surface area contributed by atoms with E-state index in [9.17, 15) is 22.4 Å². The molecular weight excluding hydrogens is 296 g/mol. The molecule has 0 unspecified atom stereocenters. The van der Waals surface area contributed by atoms with Crippen LogP contribution < -0.4 is 0 Å². The Morgan fingerprint density at radius 1 is 1.38 bits per heavy atom. The van der Waals surface area contributed by atoms with Crippen LogP contribution in [0.1, 0.15) is 15.9 Å². The summed E-state index contributed by atoms with van der Waals surface area (Å²) in [6.07, 6.45) is -4.85. The van der Waals surface area contributed by atoms with Crippen molar-refractivity contribution in [2.24, 2.45) is 0 Å². The van der Waals surface area contributed by atoms with E-state index in [2.05, 4.69) is 20.7 Å². The van der Waals surface area contributed by atoms with Gasteiger partial charge in [0.1, 0.15) is 5.82 Å². The highest BCUT2D eigenvalue weighted by Crippen LogP contribution is 2.34. The summed E-state index contributed by atoms with van der Waals surface area (Å²) in [5.74, 6) is -2.43. The molecule has 0 aromatic heterocycles. The number of carbonyl (C=O) groups is 1. The molecule has 0 fully saturated rings. The zero-order chi connectivity index (χ0) is 12.5. The SMILES string of the molecule is COC(=O)c1cc(C(F)(F)F)c(F)cc1Br. The highest BCUT2D eigenvalue weighted by molar-refractivity contribution is 9.10. The van der Waals surface area contributed by atoms with Gasteiger partial charge in [-0.1, -0.05) is 0 Å². The van der Waals surface area contributed by atoms with Crippen LogP contribution in [0, 0.1) is 5.82 Å². The maximum atomic E-state index is 13.0. The van der Waals surface area contributed by atoms with Crippen molar-refractivity contribution in [2.75, 3.05) is 7.11 Å². The second kappa shape index (κ2) is 4.40. The van der Waals surface area contributed by atoms with Gasteiger partial charge >= 0.3 is 12.1 Å². The van der Waals surface area contributed by atoms with Crippen LogP contribution in [-0.4, -0.2) is 13.1 Å². The minimum Gasteiger partial charge on any atom is -0.465 e. The molecular formula is C9H5BrF4O2. The molecule has 2 nitrogen and oxygen atoms in total. The first-order valence-electron chi connectivity index (χ1n) is 3.92. The zero-order valence-electron chi connectivity index (χ0n) is 7.86. The van der Waals surface area contributed by atoms with Crippen LogP contribution in [0.15, 0.2) is 16.6 Å². The van der Waals surface area contributed by atoms with E-state index in [0.29, 0.717) is 12.1 Å². The van der Waals surface area contributed by atoms with Crippen molar-refractivity contribution in [1.82, 2.24) is 0 Å². The molecule has 0 radical (unpaired) electrons. The van der Waals surface area contributed by atoms with Crippen molar-refractivity contribution in [2.45, 2.75) is 6.18 Å². The number of alkyl halides is 3. The van der Waals surface area contributed by atoms with Gasteiger partial charge in [0.25, 0.3) is 0 Å². The summed E-state index contributed by atoms with van der Waals surface area (Å²) in [7, 11) is 1.02. The van der Waals surface area contributed by atoms with Crippen LogP contribution in [-0.2, 0) is 10.9 Å². The van der Waals surface area contributed by atoms with Crippen LogP contribution >= 0.6 is 15.9 Å². The van der Waals surface area contributed by atoms with Gasteiger partial charge in [-0.05, 0) is 28.1 Å². The molecule has 1 aromatic carbocycles. The van der Waals surface area contributed by atoms with Gasteiger partial charge in [0, 0.05) is 4.47 Å². The van der Waals surface area contributed by atoms with Gasteiger partial charge in [-0.3, -0.25) is 0 Å². The fourth-order valence-electron chi connectivity index (χ4n) is 1.03. The minimum absolute atomic E-state index is 0.0927. The van der Waals surface area contributed by atoms with E-state index in [4.69, 9.17) is 0 Å². The Hall–Kier alpha value is -1.11. The second-order valence-electron chi connectivity index (χ2n) is 2.80. The molecule has 0 aliphatic heterocycles. The molecule has 0 spiro atoms. The number of hydrogen-bond acceptors (Lipinski definition) is 2. The van der Waals surface area contributed by atoms with Crippen molar-refractivity contribution in [1.29, 1.82) is 0 Å². The lowest BCUT2D eigenvalue weighted by molar-refractivity contribution is -0.140. The Morgan fingerprint density at radius 3 is 2.38 bits per heavy atom. The second-order valence-corrected chi connectivity index (χ2v) is 3.66. The summed E-state index contributed by atoms with van der Waals surface area (Å²) in [5, 5.41) is 0. The Bertz CT molecular complexity index is 428. The number of benzene rings is 1. The quantitative estimate of drug-likeness (QED) is 0.587. The number of esters is 1. The molecule has 1 rings (SSSR count). The largest absolute Gasteiger partial charge is 0.465 e. The summed E-state index contributed by atoms with van der Waals surface area (Å²) in [5.41, 5.74) is -1.88. The number of rotatable bonds is 1. The molecule has 0 heterocycles. The van der Waals surface area contributed by atoms with E-state index < -0.39 is 23.5 Å². The van der Waals surface area contributed by atoms with Gasteiger partial charge in [0.05, 0.1) is 18.2 Å². The fraction of sp³-hybridized carbons (Fsp3) is 0.222. The molecule has 16 heavy (non-hydrogen) atoms. The summed E-state index contributed by atoms with van der Waals surface area (Å²) in [4.78, 5) is 11.1. The van der Waals surface area contributed by atoms with Crippen molar-refractivity contribution < 1.29 is 27.1 Å². The fourth-order valence-corrected chi connectivity index (χ4v) is 1.51. The topological polar surface area (TPSA) is 26.3 Å². The third-order valence-electron chi connectivity index (χ3n) is 1.77. The van der Waals surface area contributed by atoms with Crippen molar-refractivity contribution in [3.8, 4) is 0 Å². The molecule has 0 saturated carbocycles. The molecule has 0 amide bonds. The van der Waals surface area contributed by atoms with Crippen molar-refractivity contribution >= 4 is 21.9 Å². The van der Waals surface area contributed by atoms with E-state index in [1.807, 2.05) is 0 Å². The lowest BCUT2D eigenvalue weighted by Gasteiger charge is -2.10. The first kappa shape index (κ1) is 13.0. The van der Waals surface area contributed by atoms with Gasteiger partial charge < -0.3 is 4.74 Å². The normalized spacial score (nSPS) is 11.4. The minimum atomic E-state index is -4.85. The molecule has 0 bridgehead atoms. The lowest BCUT2D eigenvalue weighted by Crippen LogP contribution is -2.12. The predicted octanol–water partition coefficient (Wildman–Crippen LogP) is 3.39. The Kier molecular flexibility index (Phi) is 3.57. The molecule has 1 aromatic rings. The standard InChI is InChI=1S/C9H5BrF4O2/c1-16-8(15)4-2-5(9(12,13)14)7(11)3-6(4)10/h2-3H,1H3. The van der Waals surface area contributed by atoms with Gasteiger partial charge in [-0.2, -0.15) is 13.2 Å². The zero-order valence-corrected chi connectivity index (χ0v) is 9.45. The van der Waals surface area contributed by atoms with Crippen LogP contribution in [0.4, 0.5) is 17.6 Å². The van der Waals surface area contributed by atoms with Gasteiger partial charge in [0.15, 0.2) is 0 Å². The highest BCUT2D eigenvalue weighted by atomic mass is 79.9. The lowest BCUT2D eigenvalue weighted by atomic mass is 10.1. The third-order valence-corrected chi connectivity index (χ3v) is 2.42. The van der Waals surface area contributed by atoms with E-state index in [-0.39, 0.29) is 10.0 Å². The highest BCUT2D eigenvalue weighted by Gasteiger charge is 2.35. The van der Waals surface area contributed by atoms with Crippen molar-refractivity contribution in [3.05, 3.63) is 33.5 Å². The Labute approximate surface area is 96.3 Å². The molecule has 0 aliphatic rings. The van der Waals surface area contributed by atoms with E-state index >= 15 is 0 Å². The van der Waals surface area contributed by atoms with Gasteiger partial charge in [0.2, 0.25) is 0 Å². The maximum absolute atomic E-state index is 13.0. The first-order chi connectivity index (χ1) is 7.27. The van der Waals surface area contributed by atoms with Crippen LogP contribution in [0.25, 0.3) is 0 Å². The predicted molar refractivity (Wildman–Crippen MR) is 50.4 cm³/mol. The molecule has 88 valence electrons. The Morgan fingerprint density at radius 2 is 1.94 bits per heavy atom. The van der Waals surface area contributed by atoms with E-state index in [1.165, 1.54) is 0 Å². The number of carbonyl (C=O) groups excluding carboxylic acids is 1. The summed E-state index contributed by atoms with van der Waals surface area (Å²) in [6, 6.07) is 0.986. The maximum Gasteiger partial charge on any atom is 0.419 e. The molecule has 0 aliphatic carbocycles. The van der Waals surface area contributed by atoms with E-state index in [1.54, 1.807) is 0 Å². The number of hydrogen-bond donors (Lipinski definition) is 0. The summed E-state index contributed by atoms with van der Waals surface area (Å²) in [6.45, 7) is 0. The van der Waals surface area contributed by atoms with Gasteiger partial charge in [-0.15, -0.1) is 0 Å². The monoisotopic (exact) mass is 300 g/mol. The molecule has 0 saturated heterocycles. The Balaban J connectivity index is 3.39. The van der Waals surface area contributed by atoms with E-state index in [0.717, 1.165) is 7.11 Å². The van der Waals surface area contributed by atoms with Gasteiger partial charge in [-0.25, -0.2) is 9.18 Å². The number of halogens is 5. The average Bonchev–Trinajstić information content (AvgIpc) is 2.14. The summed E-state index contributed by atoms with van der Waals surface area (Å²) >= 11 is 2.78. The molecule has 0 N–H and O–H groups in total. The third kappa shape index (κ3) is 2.52. The van der Waals surface area contributed by atoms with Crippen molar-refractivity contribution in [3.63, 3.8) is 0 Å².